The number of rotatable bonds is 4. The van der Waals surface area contributed by atoms with Gasteiger partial charge in [-0.2, -0.15) is 5.10 Å². The maximum atomic E-state index is 11.2. The van der Waals surface area contributed by atoms with E-state index in [1.54, 1.807) is 18.2 Å². The summed E-state index contributed by atoms with van der Waals surface area (Å²) in [6, 6.07) is 4.99. The van der Waals surface area contributed by atoms with Crippen LogP contribution in [0.3, 0.4) is 0 Å². The Bertz CT molecular complexity index is 648. The van der Waals surface area contributed by atoms with Gasteiger partial charge in [0, 0.05) is 19.4 Å². The number of amides is 1. The van der Waals surface area contributed by atoms with Gasteiger partial charge in [-0.05, 0) is 6.07 Å². The van der Waals surface area contributed by atoms with Crippen molar-refractivity contribution in [1.82, 2.24) is 9.78 Å². The summed E-state index contributed by atoms with van der Waals surface area (Å²) >= 11 is 0. The van der Waals surface area contributed by atoms with Gasteiger partial charge in [-0.1, -0.05) is 12.1 Å². The number of carbonyl (C=O) groups excluding carboxylic acids is 1. The summed E-state index contributed by atoms with van der Waals surface area (Å²) < 4.78 is 6.39. The third kappa shape index (κ3) is 2.41. The third-order valence-corrected chi connectivity index (χ3v) is 2.53. The smallest absolute Gasteiger partial charge is 0.357 e. The molecule has 2 N–H and O–H groups in total. The first-order valence-corrected chi connectivity index (χ1v) is 5.54. The summed E-state index contributed by atoms with van der Waals surface area (Å²) in [4.78, 5) is 22.3. The molecule has 1 aromatic carbocycles. The second kappa shape index (κ2) is 5.07. The van der Waals surface area contributed by atoms with Crippen LogP contribution in [0.2, 0.25) is 0 Å². The number of carbonyl (C=O) groups is 2. The number of carboxylic acids is 1. The maximum absolute atomic E-state index is 11.2. The van der Waals surface area contributed by atoms with Crippen LogP contribution in [0.5, 0.6) is 0 Å². The summed E-state index contributed by atoms with van der Waals surface area (Å²) in [6.07, 6.45) is 0. The number of benzene rings is 1. The maximum Gasteiger partial charge on any atom is 0.357 e. The minimum Gasteiger partial charge on any atom is -0.476 e. The molecule has 0 spiro atoms. The number of aromatic nitrogens is 2. The zero-order valence-electron chi connectivity index (χ0n) is 10.5. The molecule has 19 heavy (non-hydrogen) atoms. The Balaban J connectivity index is 2.70. The van der Waals surface area contributed by atoms with Crippen LogP contribution in [0.4, 0.5) is 5.69 Å². The van der Waals surface area contributed by atoms with E-state index < -0.39 is 5.97 Å². The Morgan fingerprint density at radius 2 is 2.21 bits per heavy atom. The monoisotopic (exact) mass is 263 g/mol. The summed E-state index contributed by atoms with van der Waals surface area (Å²) in [5.41, 5.74) is 0.957. The molecule has 7 nitrogen and oxygen atoms in total. The normalized spacial score (nSPS) is 10.6. The Kier molecular flexibility index (Phi) is 3.48. The van der Waals surface area contributed by atoms with Crippen molar-refractivity contribution in [2.45, 2.75) is 13.7 Å². The first-order chi connectivity index (χ1) is 9.04. The summed E-state index contributed by atoms with van der Waals surface area (Å²) in [6.45, 7) is 1.48. The Morgan fingerprint density at radius 1 is 1.47 bits per heavy atom. The molecule has 0 unspecified atom stereocenters. The molecule has 7 heteroatoms. The van der Waals surface area contributed by atoms with Crippen molar-refractivity contribution < 1.29 is 19.4 Å². The van der Waals surface area contributed by atoms with Gasteiger partial charge in [0.25, 0.3) is 0 Å². The summed E-state index contributed by atoms with van der Waals surface area (Å²) in [5, 5.41) is 16.2. The zero-order valence-corrected chi connectivity index (χ0v) is 10.5. The molecular formula is C12H13N3O4. The van der Waals surface area contributed by atoms with Crippen LogP contribution >= 0.6 is 0 Å². The van der Waals surface area contributed by atoms with E-state index in [1.807, 2.05) is 0 Å². The molecule has 1 heterocycles. The van der Waals surface area contributed by atoms with Crippen LogP contribution in [-0.4, -0.2) is 33.9 Å². The fourth-order valence-electron chi connectivity index (χ4n) is 1.90. The lowest BCUT2D eigenvalue weighted by molar-refractivity contribution is -0.114. The largest absolute Gasteiger partial charge is 0.476 e. The molecule has 1 aromatic heterocycles. The van der Waals surface area contributed by atoms with E-state index in [4.69, 9.17) is 9.84 Å². The third-order valence-electron chi connectivity index (χ3n) is 2.53. The average Bonchev–Trinajstić information content (AvgIpc) is 2.69. The summed E-state index contributed by atoms with van der Waals surface area (Å²) in [5.74, 6) is -1.37. The van der Waals surface area contributed by atoms with Crippen molar-refractivity contribution in [3.63, 3.8) is 0 Å². The fraction of sp³-hybridized carbons (Fsp3) is 0.250. The molecular weight excluding hydrogens is 250 g/mol. The quantitative estimate of drug-likeness (QED) is 0.867. The van der Waals surface area contributed by atoms with E-state index in [0.717, 1.165) is 0 Å². The number of nitrogens with one attached hydrogen (secondary N) is 1. The lowest BCUT2D eigenvalue weighted by Gasteiger charge is -2.07. The first-order valence-electron chi connectivity index (χ1n) is 5.54. The van der Waals surface area contributed by atoms with Gasteiger partial charge in [0.2, 0.25) is 5.91 Å². The minimum atomic E-state index is -1.13. The molecule has 100 valence electrons. The van der Waals surface area contributed by atoms with Crippen molar-refractivity contribution >= 4 is 28.5 Å². The Labute approximate surface area is 108 Å². The van der Waals surface area contributed by atoms with Gasteiger partial charge in [-0.25, -0.2) is 9.48 Å². The highest BCUT2D eigenvalue weighted by Gasteiger charge is 2.18. The molecule has 0 aliphatic rings. The number of hydrogen-bond acceptors (Lipinski definition) is 4. The number of fused-ring (bicyclic) bond motifs is 1. The molecule has 0 atom stereocenters. The molecule has 0 bridgehead atoms. The molecule has 2 rings (SSSR count). The molecule has 2 aromatic rings. The number of carboxylic acid groups (broad SMARTS) is 1. The van der Waals surface area contributed by atoms with Gasteiger partial charge in [-0.3, -0.25) is 4.79 Å². The average molecular weight is 263 g/mol. The van der Waals surface area contributed by atoms with Gasteiger partial charge >= 0.3 is 5.97 Å². The van der Waals surface area contributed by atoms with Crippen molar-refractivity contribution in [2.75, 3.05) is 12.4 Å². The second-order valence-electron chi connectivity index (χ2n) is 3.95. The number of para-hydroxylation sites is 1. The first kappa shape index (κ1) is 13.0. The highest BCUT2D eigenvalue weighted by atomic mass is 16.5. The molecule has 0 saturated heterocycles. The topological polar surface area (TPSA) is 93.5 Å². The van der Waals surface area contributed by atoms with E-state index in [2.05, 4.69) is 10.4 Å². The van der Waals surface area contributed by atoms with Crippen molar-refractivity contribution in [3.8, 4) is 0 Å². The van der Waals surface area contributed by atoms with Crippen LogP contribution in [0.25, 0.3) is 10.9 Å². The lowest BCUT2D eigenvalue weighted by Crippen LogP contribution is -2.09. The fourth-order valence-corrected chi connectivity index (χ4v) is 1.90. The number of nitrogens with zero attached hydrogens (tertiary/aromatic N) is 2. The van der Waals surface area contributed by atoms with E-state index in [-0.39, 0.29) is 18.3 Å². The SMILES string of the molecule is COCn1nc(C(=O)O)c2cccc(NC(C)=O)c21. The Hall–Kier alpha value is -2.41. The van der Waals surface area contributed by atoms with Gasteiger partial charge in [0.15, 0.2) is 5.69 Å². The van der Waals surface area contributed by atoms with Crippen molar-refractivity contribution in [3.05, 3.63) is 23.9 Å². The molecule has 0 fully saturated rings. The predicted octanol–water partition coefficient (Wildman–Crippen LogP) is 1.30. The van der Waals surface area contributed by atoms with E-state index >= 15 is 0 Å². The molecule has 0 aliphatic heterocycles. The van der Waals surface area contributed by atoms with E-state index in [0.29, 0.717) is 16.6 Å². The van der Waals surface area contributed by atoms with Crippen molar-refractivity contribution in [2.24, 2.45) is 0 Å². The number of hydrogen-bond donors (Lipinski definition) is 2. The van der Waals surface area contributed by atoms with Crippen LogP contribution in [0.1, 0.15) is 17.4 Å². The zero-order chi connectivity index (χ0) is 14.0. The molecule has 0 radical (unpaired) electrons. The highest BCUT2D eigenvalue weighted by Crippen LogP contribution is 2.26. The van der Waals surface area contributed by atoms with Gasteiger partial charge in [0.05, 0.1) is 11.2 Å². The Morgan fingerprint density at radius 3 is 2.79 bits per heavy atom. The van der Waals surface area contributed by atoms with Gasteiger partial charge in [-0.15, -0.1) is 0 Å². The van der Waals surface area contributed by atoms with Crippen LogP contribution in [0, 0.1) is 0 Å². The molecule has 1 amide bonds. The molecule has 0 aliphatic carbocycles. The van der Waals surface area contributed by atoms with Gasteiger partial charge < -0.3 is 15.2 Å². The number of anilines is 1. The van der Waals surface area contributed by atoms with E-state index in [1.165, 1.54) is 18.7 Å². The van der Waals surface area contributed by atoms with Gasteiger partial charge in [0.1, 0.15) is 6.73 Å². The number of ether oxygens (including phenoxy) is 1. The van der Waals surface area contributed by atoms with Crippen LogP contribution < -0.4 is 5.32 Å². The van der Waals surface area contributed by atoms with Crippen LogP contribution in [-0.2, 0) is 16.3 Å². The minimum absolute atomic E-state index is 0.0701. The number of aromatic carboxylic acids is 1. The van der Waals surface area contributed by atoms with E-state index in [9.17, 15) is 9.59 Å². The highest BCUT2D eigenvalue weighted by molar-refractivity contribution is 6.07. The summed E-state index contributed by atoms with van der Waals surface area (Å²) in [7, 11) is 1.48. The standard InChI is InChI=1S/C12H13N3O4/c1-7(16)13-9-5-3-4-8-10(12(17)18)14-15(6-19-2)11(8)9/h3-5H,6H2,1-2H3,(H,13,16)(H,17,18). The molecule has 0 saturated carbocycles. The second-order valence-corrected chi connectivity index (χ2v) is 3.95. The number of methoxy groups -OCH3 is 1. The lowest BCUT2D eigenvalue weighted by atomic mass is 10.2. The predicted molar refractivity (Wildman–Crippen MR) is 68.0 cm³/mol. The van der Waals surface area contributed by atoms with Crippen molar-refractivity contribution in [1.29, 1.82) is 0 Å². The van der Waals surface area contributed by atoms with Crippen LogP contribution in [0.15, 0.2) is 18.2 Å².